The summed E-state index contributed by atoms with van der Waals surface area (Å²) in [7, 11) is 2.13. The lowest BCUT2D eigenvalue weighted by molar-refractivity contribution is 0.727. The Morgan fingerprint density at radius 2 is 2.00 bits per heavy atom. The summed E-state index contributed by atoms with van der Waals surface area (Å²) in [6.07, 6.45) is 0. The molecule has 0 atom stereocenters. The van der Waals surface area contributed by atoms with Gasteiger partial charge in [0.15, 0.2) is 0 Å². The third-order valence-corrected chi connectivity index (χ3v) is 4.65. The van der Waals surface area contributed by atoms with E-state index in [4.69, 9.17) is 0 Å². The summed E-state index contributed by atoms with van der Waals surface area (Å²) >= 11 is 5.29. The minimum atomic E-state index is 0.943. The van der Waals surface area contributed by atoms with Crippen LogP contribution in [0.5, 0.6) is 0 Å². The van der Waals surface area contributed by atoms with Crippen molar-refractivity contribution in [3.05, 3.63) is 50.6 Å². The highest BCUT2D eigenvalue weighted by atomic mass is 79.9. The summed E-state index contributed by atoms with van der Waals surface area (Å²) in [5.41, 5.74) is 2.59. The van der Waals surface area contributed by atoms with Crippen LogP contribution in [0.15, 0.2) is 40.2 Å². The lowest BCUT2D eigenvalue weighted by Crippen LogP contribution is -2.16. The van der Waals surface area contributed by atoms with E-state index in [1.54, 1.807) is 11.3 Å². The number of rotatable bonds is 6. The van der Waals surface area contributed by atoms with Gasteiger partial charge in [0, 0.05) is 34.0 Å². The Morgan fingerprint density at radius 1 is 1.26 bits per heavy atom. The normalized spacial score (nSPS) is 10.7. The second-order valence-corrected chi connectivity index (χ2v) is 6.45. The van der Waals surface area contributed by atoms with Gasteiger partial charge in [-0.2, -0.15) is 0 Å². The van der Waals surface area contributed by atoms with E-state index in [0.717, 1.165) is 19.6 Å². The molecule has 0 aliphatic carbocycles. The first-order valence-corrected chi connectivity index (χ1v) is 8.10. The zero-order chi connectivity index (χ0) is 13.7. The third-order valence-electron chi connectivity index (χ3n) is 2.97. The zero-order valence-corrected chi connectivity index (χ0v) is 13.7. The van der Waals surface area contributed by atoms with Gasteiger partial charge >= 0.3 is 0 Å². The molecule has 0 aliphatic heterocycles. The fourth-order valence-electron chi connectivity index (χ4n) is 1.90. The molecule has 2 aromatic rings. The predicted molar refractivity (Wildman–Crippen MR) is 87.9 cm³/mol. The minimum absolute atomic E-state index is 0.943. The highest BCUT2D eigenvalue weighted by Gasteiger charge is 2.04. The lowest BCUT2D eigenvalue weighted by Gasteiger charge is -2.18. The Labute approximate surface area is 127 Å². The molecule has 0 bridgehead atoms. The quantitative estimate of drug-likeness (QED) is 0.846. The maximum absolute atomic E-state index is 3.50. The Morgan fingerprint density at radius 3 is 2.58 bits per heavy atom. The van der Waals surface area contributed by atoms with Crippen molar-refractivity contribution in [2.24, 2.45) is 0 Å². The second-order valence-electron chi connectivity index (χ2n) is 4.53. The van der Waals surface area contributed by atoms with Crippen molar-refractivity contribution in [3.63, 3.8) is 0 Å². The summed E-state index contributed by atoms with van der Waals surface area (Å²) in [6, 6.07) is 10.9. The monoisotopic (exact) mass is 338 g/mol. The molecule has 2 rings (SSSR count). The van der Waals surface area contributed by atoms with Crippen LogP contribution in [0.2, 0.25) is 0 Å². The van der Waals surface area contributed by atoms with Crippen LogP contribution in [0.25, 0.3) is 0 Å². The van der Waals surface area contributed by atoms with Crippen LogP contribution in [-0.4, -0.2) is 13.6 Å². The molecule has 1 heterocycles. The van der Waals surface area contributed by atoms with Crippen molar-refractivity contribution in [1.29, 1.82) is 0 Å². The van der Waals surface area contributed by atoms with Crippen molar-refractivity contribution < 1.29 is 0 Å². The predicted octanol–water partition coefficient (Wildman–Crippen LogP) is 4.26. The first-order valence-electron chi connectivity index (χ1n) is 6.42. The van der Waals surface area contributed by atoms with Gasteiger partial charge in [-0.3, -0.25) is 0 Å². The summed E-state index contributed by atoms with van der Waals surface area (Å²) in [6.45, 7) is 5.03. The van der Waals surface area contributed by atoms with E-state index >= 15 is 0 Å². The molecular formula is C15H19BrN2S. The molecule has 1 aromatic carbocycles. The third kappa shape index (κ3) is 4.34. The van der Waals surface area contributed by atoms with Crippen molar-refractivity contribution in [3.8, 4) is 0 Å². The van der Waals surface area contributed by atoms with E-state index in [2.05, 4.69) is 75.8 Å². The minimum Gasteiger partial charge on any atom is -0.369 e. The average Bonchev–Trinajstić information content (AvgIpc) is 2.82. The van der Waals surface area contributed by atoms with Crippen LogP contribution in [0, 0.1) is 0 Å². The Kier molecular flexibility index (Phi) is 5.43. The smallest absolute Gasteiger partial charge is 0.0519 e. The molecule has 19 heavy (non-hydrogen) atoms. The van der Waals surface area contributed by atoms with Crippen molar-refractivity contribution in [2.45, 2.75) is 20.0 Å². The van der Waals surface area contributed by atoms with Gasteiger partial charge < -0.3 is 10.2 Å². The molecular weight excluding hydrogens is 320 g/mol. The van der Waals surface area contributed by atoms with E-state index < -0.39 is 0 Å². The van der Waals surface area contributed by atoms with E-state index in [0.29, 0.717) is 0 Å². The number of anilines is 1. The molecule has 0 radical (unpaired) electrons. The molecule has 102 valence electrons. The van der Waals surface area contributed by atoms with Crippen LogP contribution in [0.1, 0.15) is 17.4 Å². The van der Waals surface area contributed by atoms with E-state index in [1.165, 1.54) is 20.6 Å². The Balaban J connectivity index is 1.97. The number of nitrogens with one attached hydrogen (secondary N) is 1. The van der Waals surface area contributed by atoms with Crippen LogP contribution >= 0.6 is 27.3 Å². The number of halogens is 1. The van der Waals surface area contributed by atoms with Gasteiger partial charge in [0.1, 0.15) is 0 Å². The second kappa shape index (κ2) is 7.08. The van der Waals surface area contributed by atoms with Gasteiger partial charge in [-0.25, -0.2) is 0 Å². The average molecular weight is 339 g/mol. The van der Waals surface area contributed by atoms with Crippen LogP contribution in [-0.2, 0) is 13.1 Å². The van der Waals surface area contributed by atoms with Gasteiger partial charge in [-0.05, 0) is 46.2 Å². The SMILES string of the molecule is CCNCc1ccc(N(C)Cc2cc(Br)cs2)cc1. The largest absolute Gasteiger partial charge is 0.369 e. The molecule has 2 nitrogen and oxygen atoms in total. The van der Waals surface area contributed by atoms with E-state index in [1.807, 2.05) is 0 Å². The first-order chi connectivity index (χ1) is 9.19. The highest BCUT2D eigenvalue weighted by Crippen LogP contribution is 2.23. The summed E-state index contributed by atoms with van der Waals surface area (Å²) in [5.74, 6) is 0. The number of benzene rings is 1. The van der Waals surface area contributed by atoms with Gasteiger partial charge in [0.25, 0.3) is 0 Å². The van der Waals surface area contributed by atoms with E-state index in [9.17, 15) is 0 Å². The fraction of sp³-hybridized carbons (Fsp3) is 0.333. The summed E-state index contributed by atoms with van der Waals surface area (Å²) in [4.78, 5) is 3.64. The van der Waals surface area contributed by atoms with Gasteiger partial charge in [0.05, 0.1) is 6.54 Å². The van der Waals surface area contributed by atoms with Gasteiger partial charge in [-0.15, -0.1) is 11.3 Å². The van der Waals surface area contributed by atoms with E-state index in [-0.39, 0.29) is 0 Å². The number of hydrogen-bond donors (Lipinski definition) is 1. The van der Waals surface area contributed by atoms with Crippen LogP contribution < -0.4 is 10.2 Å². The fourth-order valence-corrected chi connectivity index (χ4v) is 3.40. The molecule has 1 N–H and O–H groups in total. The molecule has 0 saturated carbocycles. The molecule has 1 aromatic heterocycles. The summed E-state index contributed by atoms with van der Waals surface area (Å²) < 4.78 is 1.17. The van der Waals surface area contributed by atoms with Crippen molar-refractivity contribution in [2.75, 3.05) is 18.5 Å². The number of thiophene rings is 1. The zero-order valence-electron chi connectivity index (χ0n) is 11.3. The maximum atomic E-state index is 3.50. The standard InChI is InChI=1S/C15H19BrN2S/c1-3-17-9-12-4-6-14(7-5-12)18(2)10-15-8-13(16)11-19-15/h4-8,11,17H,3,9-10H2,1-2H3. The topological polar surface area (TPSA) is 15.3 Å². The van der Waals surface area contributed by atoms with Gasteiger partial charge in [0.2, 0.25) is 0 Å². The van der Waals surface area contributed by atoms with Crippen molar-refractivity contribution >= 4 is 33.0 Å². The molecule has 0 fully saturated rings. The van der Waals surface area contributed by atoms with Crippen LogP contribution in [0.3, 0.4) is 0 Å². The van der Waals surface area contributed by atoms with Gasteiger partial charge in [-0.1, -0.05) is 19.1 Å². The van der Waals surface area contributed by atoms with Crippen LogP contribution in [0.4, 0.5) is 5.69 Å². The lowest BCUT2D eigenvalue weighted by atomic mass is 10.2. The summed E-state index contributed by atoms with van der Waals surface area (Å²) in [5, 5.41) is 5.47. The highest BCUT2D eigenvalue weighted by molar-refractivity contribution is 9.10. The molecule has 0 aliphatic rings. The Hall–Kier alpha value is -0.840. The number of hydrogen-bond acceptors (Lipinski definition) is 3. The molecule has 0 amide bonds. The molecule has 0 saturated heterocycles. The van der Waals surface area contributed by atoms with Crippen molar-refractivity contribution in [1.82, 2.24) is 5.32 Å². The first kappa shape index (κ1) is 14.6. The molecule has 4 heteroatoms. The number of nitrogens with zero attached hydrogens (tertiary/aromatic N) is 1. The maximum Gasteiger partial charge on any atom is 0.0519 e. The molecule has 0 spiro atoms. The Bertz CT molecular complexity index is 507. The molecule has 0 unspecified atom stereocenters.